The second kappa shape index (κ2) is 5.86. The van der Waals surface area contributed by atoms with Gasteiger partial charge in [-0.05, 0) is 36.4 Å². The minimum Gasteiger partial charge on any atom is -0.207 e. The quantitative estimate of drug-likeness (QED) is 0.620. The molecular formula is C12H9F3. The van der Waals surface area contributed by atoms with Crippen molar-refractivity contribution in [3.63, 3.8) is 0 Å². The van der Waals surface area contributed by atoms with Gasteiger partial charge in [0.2, 0.25) is 0 Å². The fourth-order valence-electron chi connectivity index (χ4n) is 0.844. The Morgan fingerprint density at radius 3 is 1.07 bits per heavy atom. The van der Waals surface area contributed by atoms with Gasteiger partial charge in [-0.1, -0.05) is 18.2 Å². The molecule has 3 heteroatoms. The smallest absolute Gasteiger partial charge is 0.123 e. The highest BCUT2D eigenvalue weighted by atomic mass is 19.1. The van der Waals surface area contributed by atoms with E-state index in [1.54, 1.807) is 18.2 Å². The Morgan fingerprint density at radius 2 is 0.800 bits per heavy atom. The maximum atomic E-state index is 11.9. The van der Waals surface area contributed by atoms with Crippen LogP contribution in [0, 0.1) is 17.5 Å². The van der Waals surface area contributed by atoms with Crippen molar-refractivity contribution in [3.05, 3.63) is 72.0 Å². The molecule has 0 bridgehead atoms. The average molecular weight is 210 g/mol. The van der Waals surface area contributed by atoms with E-state index >= 15 is 0 Å². The van der Waals surface area contributed by atoms with Crippen LogP contribution in [-0.4, -0.2) is 0 Å². The molecule has 0 aromatic heterocycles. The zero-order valence-corrected chi connectivity index (χ0v) is 7.83. The molecular weight excluding hydrogens is 201 g/mol. The summed E-state index contributed by atoms with van der Waals surface area (Å²) >= 11 is 0. The third kappa shape index (κ3) is 4.86. The molecule has 0 aliphatic rings. The van der Waals surface area contributed by atoms with Crippen LogP contribution in [0.2, 0.25) is 0 Å². The zero-order chi connectivity index (χ0) is 11.1. The Hall–Kier alpha value is -1.77. The molecule has 0 aliphatic heterocycles. The molecule has 2 aromatic rings. The molecule has 0 aliphatic carbocycles. The van der Waals surface area contributed by atoms with Gasteiger partial charge in [-0.3, -0.25) is 0 Å². The number of halogens is 3. The summed E-state index contributed by atoms with van der Waals surface area (Å²) in [6.07, 6.45) is 0. The van der Waals surface area contributed by atoms with Crippen LogP contribution >= 0.6 is 0 Å². The van der Waals surface area contributed by atoms with Crippen molar-refractivity contribution in [2.45, 2.75) is 0 Å². The van der Waals surface area contributed by atoms with Gasteiger partial charge >= 0.3 is 0 Å². The first-order valence-electron chi connectivity index (χ1n) is 4.30. The molecule has 0 saturated carbocycles. The summed E-state index contributed by atoms with van der Waals surface area (Å²) in [7, 11) is 0. The van der Waals surface area contributed by atoms with Crippen molar-refractivity contribution >= 4 is 0 Å². The van der Waals surface area contributed by atoms with Crippen molar-refractivity contribution in [1.29, 1.82) is 0 Å². The van der Waals surface area contributed by atoms with Crippen LogP contribution in [0.25, 0.3) is 0 Å². The molecule has 0 heterocycles. The molecule has 0 fully saturated rings. The lowest BCUT2D eigenvalue weighted by Crippen LogP contribution is -1.72. The first-order valence-corrected chi connectivity index (χ1v) is 4.30. The fourth-order valence-corrected chi connectivity index (χ4v) is 0.844. The molecule has 0 atom stereocenters. The lowest BCUT2D eigenvalue weighted by Gasteiger charge is -1.83. The molecule has 2 aromatic carbocycles. The maximum Gasteiger partial charge on any atom is 0.123 e. The Kier molecular flexibility index (Phi) is 4.41. The highest BCUT2D eigenvalue weighted by Gasteiger charge is 1.86. The van der Waals surface area contributed by atoms with Crippen LogP contribution in [0.3, 0.4) is 0 Å². The van der Waals surface area contributed by atoms with Crippen molar-refractivity contribution < 1.29 is 13.2 Å². The number of hydrogen-bond donors (Lipinski definition) is 0. The summed E-state index contributed by atoms with van der Waals surface area (Å²) in [6, 6.07) is 12.3. The summed E-state index contributed by atoms with van der Waals surface area (Å²) < 4.78 is 35.7. The van der Waals surface area contributed by atoms with Gasteiger partial charge in [0.1, 0.15) is 17.5 Å². The molecule has 78 valence electrons. The molecule has 0 radical (unpaired) electrons. The van der Waals surface area contributed by atoms with Crippen molar-refractivity contribution in [2.24, 2.45) is 0 Å². The van der Waals surface area contributed by atoms with E-state index in [9.17, 15) is 13.2 Å². The third-order valence-electron chi connectivity index (χ3n) is 1.54. The van der Waals surface area contributed by atoms with E-state index in [2.05, 4.69) is 0 Å². The molecule has 0 unspecified atom stereocenters. The van der Waals surface area contributed by atoms with E-state index in [-0.39, 0.29) is 5.82 Å². The molecule has 0 saturated heterocycles. The fraction of sp³-hybridized carbons (Fsp3) is 0. The number of benzene rings is 2. The van der Waals surface area contributed by atoms with Gasteiger partial charge in [0.05, 0.1) is 0 Å². The van der Waals surface area contributed by atoms with Crippen LogP contribution in [-0.2, 0) is 0 Å². The van der Waals surface area contributed by atoms with Gasteiger partial charge in [-0.2, -0.15) is 0 Å². The second-order valence-electron chi connectivity index (χ2n) is 2.73. The maximum absolute atomic E-state index is 11.9. The predicted molar refractivity (Wildman–Crippen MR) is 52.8 cm³/mol. The van der Waals surface area contributed by atoms with Crippen molar-refractivity contribution in [1.82, 2.24) is 0 Å². The van der Waals surface area contributed by atoms with Crippen LogP contribution in [0.4, 0.5) is 13.2 Å². The minimum absolute atomic E-state index is 0.178. The van der Waals surface area contributed by atoms with Gasteiger partial charge in [-0.15, -0.1) is 0 Å². The van der Waals surface area contributed by atoms with Crippen LogP contribution in [0.1, 0.15) is 0 Å². The zero-order valence-electron chi connectivity index (χ0n) is 7.83. The summed E-state index contributed by atoms with van der Waals surface area (Å²) in [4.78, 5) is 0. The average Bonchev–Trinajstić information content (AvgIpc) is 2.25. The highest BCUT2D eigenvalue weighted by Crippen LogP contribution is 1.98. The van der Waals surface area contributed by atoms with E-state index in [1.165, 1.54) is 12.1 Å². The van der Waals surface area contributed by atoms with Crippen LogP contribution in [0.15, 0.2) is 54.6 Å². The summed E-state index contributed by atoms with van der Waals surface area (Å²) in [5, 5.41) is 0. The van der Waals surface area contributed by atoms with E-state index in [1.807, 2.05) is 0 Å². The molecule has 0 amide bonds. The van der Waals surface area contributed by atoms with Crippen molar-refractivity contribution in [3.8, 4) is 0 Å². The Bertz CT molecular complexity index is 360. The highest BCUT2D eigenvalue weighted by molar-refractivity contribution is 5.04. The molecule has 2 rings (SSSR count). The summed E-state index contributed by atoms with van der Waals surface area (Å²) in [6.45, 7) is 0. The van der Waals surface area contributed by atoms with E-state index in [4.69, 9.17) is 0 Å². The first kappa shape index (κ1) is 11.3. The van der Waals surface area contributed by atoms with Crippen molar-refractivity contribution in [2.75, 3.05) is 0 Å². The molecule has 0 spiro atoms. The van der Waals surface area contributed by atoms with Gasteiger partial charge < -0.3 is 0 Å². The van der Waals surface area contributed by atoms with Gasteiger partial charge in [0.15, 0.2) is 0 Å². The van der Waals surface area contributed by atoms with E-state index in [0.717, 1.165) is 24.3 Å². The molecule has 0 nitrogen and oxygen atoms in total. The van der Waals surface area contributed by atoms with E-state index in [0.29, 0.717) is 0 Å². The lowest BCUT2D eigenvalue weighted by atomic mass is 10.3. The second-order valence-corrected chi connectivity index (χ2v) is 2.73. The normalized spacial score (nSPS) is 9.00. The molecule has 15 heavy (non-hydrogen) atoms. The monoisotopic (exact) mass is 210 g/mol. The lowest BCUT2D eigenvalue weighted by molar-refractivity contribution is 0.600. The number of hydrogen-bond acceptors (Lipinski definition) is 0. The van der Waals surface area contributed by atoms with E-state index < -0.39 is 11.6 Å². The largest absolute Gasteiger partial charge is 0.207 e. The Balaban J connectivity index is 0.000000151. The Morgan fingerprint density at radius 1 is 0.467 bits per heavy atom. The SMILES string of the molecule is Fc1ccc(F)cc1.Fc1ccccc1. The summed E-state index contributed by atoms with van der Waals surface area (Å²) in [5.41, 5.74) is 0. The topological polar surface area (TPSA) is 0 Å². The van der Waals surface area contributed by atoms with Crippen LogP contribution in [0.5, 0.6) is 0 Å². The molecule has 0 N–H and O–H groups in total. The van der Waals surface area contributed by atoms with Gasteiger partial charge in [-0.25, -0.2) is 13.2 Å². The van der Waals surface area contributed by atoms with Gasteiger partial charge in [0, 0.05) is 0 Å². The van der Waals surface area contributed by atoms with Gasteiger partial charge in [0.25, 0.3) is 0 Å². The Labute approximate surface area is 86.0 Å². The standard InChI is InChI=1S/C6H4F2.C6H5F/c7-5-1-2-6(8)4-3-5;7-6-4-2-1-3-5-6/h1-4H;1-5H. The predicted octanol–water partition coefficient (Wildman–Crippen LogP) is 3.79. The number of rotatable bonds is 0. The van der Waals surface area contributed by atoms with Crippen LogP contribution < -0.4 is 0 Å². The summed E-state index contributed by atoms with van der Waals surface area (Å²) in [5.74, 6) is -1.000. The third-order valence-corrected chi connectivity index (χ3v) is 1.54. The first-order chi connectivity index (χ1) is 7.18. The minimum atomic E-state index is -0.411.